The van der Waals surface area contributed by atoms with E-state index < -0.39 is 0 Å². The second-order valence-corrected chi connectivity index (χ2v) is 6.64. The molecule has 1 aromatic heterocycles. The largest absolute Gasteiger partial charge is 0.496 e. The maximum Gasteiger partial charge on any atom is 0.133 e. The van der Waals surface area contributed by atoms with E-state index in [-0.39, 0.29) is 0 Å². The Bertz CT molecular complexity index is 482. The van der Waals surface area contributed by atoms with Gasteiger partial charge in [0.15, 0.2) is 0 Å². The lowest BCUT2D eigenvalue weighted by Crippen LogP contribution is -1.94. The van der Waals surface area contributed by atoms with Crippen LogP contribution in [0.1, 0.15) is 15.3 Å². The highest BCUT2D eigenvalue weighted by Gasteiger charge is 2.11. The molecule has 17 heavy (non-hydrogen) atoms. The minimum Gasteiger partial charge on any atom is -0.496 e. The fourth-order valence-electron chi connectivity index (χ4n) is 1.60. The van der Waals surface area contributed by atoms with Gasteiger partial charge in [-0.2, -0.15) is 0 Å². The highest BCUT2D eigenvalue weighted by Crippen LogP contribution is 2.33. The van der Waals surface area contributed by atoms with Crippen LogP contribution < -0.4 is 4.74 Å². The third-order valence-electron chi connectivity index (χ3n) is 2.50. The summed E-state index contributed by atoms with van der Waals surface area (Å²) in [5.74, 6) is 0.865. The van der Waals surface area contributed by atoms with Crippen LogP contribution in [0.4, 0.5) is 0 Å². The molecule has 1 atom stereocenters. The third-order valence-corrected chi connectivity index (χ3v) is 4.87. The summed E-state index contributed by atoms with van der Waals surface area (Å²) in [5, 5.41) is 2.11. The molecular weight excluding hydrogens is 364 g/mol. The number of alkyl halides is 1. The van der Waals surface area contributed by atoms with Gasteiger partial charge in [0.25, 0.3) is 0 Å². The zero-order valence-electron chi connectivity index (χ0n) is 9.32. The van der Waals surface area contributed by atoms with Crippen molar-refractivity contribution in [3.05, 3.63) is 50.6 Å². The number of benzene rings is 1. The molecule has 1 heterocycles. The first-order valence-electron chi connectivity index (χ1n) is 5.20. The molecule has 4 heteroatoms. The molecule has 1 aromatic carbocycles. The van der Waals surface area contributed by atoms with E-state index in [4.69, 9.17) is 4.74 Å². The van der Waals surface area contributed by atoms with Crippen LogP contribution in [0.5, 0.6) is 5.75 Å². The van der Waals surface area contributed by atoms with Gasteiger partial charge in [0.2, 0.25) is 0 Å². The normalized spacial score (nSPS) is 12.4. The summed E-state index contributed by atoms with van der Waals surface area (Å²) in [4.78, 5) is 1.72. The van der Waals surface area contributed by atoms with Crippen LogP contribution in [0, 0.1) is 0 Å². The summed E-state index contributed by atoms with van der Waals surface area (Å²) in [5.41, 5.74) is 1.26. The zero-order valence-corrected chi connectivity index (χ0v) is 13.3. The zero-order chi connectivity index (χ0) is 12.3. The highest BCUT2D eigenvalue weighted by molar-refractivity contribution is 9.10. The van der Waals surface area contributed by atoms with E-state index in [9.17, 15) is 0 Å². The Morgan fingerprint density at radius 3 is 2.76 bits per heavy atom. The topological polar surface area (TPSA) is 9.23 Å². The van der Waals surface area contributed by atoms with E-state index in [0.29, 0.717) is 4.83 Å². The van der Waals surface area contributed by atoms with Gasteiger partial charge in [0.1, 0.15) is 5.75 Å². The van der Waals surface area contributed by atoms with E-state index in [2.05, 4.69) is 61.5 Å². The maximum absolute atomic E-state index is 5.23. The van der Waals surface area contributed by atoms with Crippen molar-refractivity contribution in [3.63, 3.8) is 0 Å². The van der Waals surface area contributed by atoms with Crippen LogP contribution in [0.3, 0.4) is 0 Å². The number of ether oxygens (including phenoxy) is 1. The van der Waals surface area contributed by atoms with E-state index in [1.54, 1.807) is 18.4 Å². The first-order valence-corrected chi connectivity index (χ1v) is 7.79. The van der Waals surface area contributed by atoms with Crippen LogP contribution in [0.2, 0.25) is 0 Å². The average Bonchev–Trinajstić information content (AvgIpc) is 2.81. The van der Waals surface area contributed by atoms with Gasteiger partial charge in [-0.05, 0) is 51.5 Å². The Morgan fingerprint density at radius 2 is 2.18 bits per heavy atom. The smallest absolute Gasteiger partial charge is 0.133 e. The molecular formula is C13H12Br2OS. The molecule has 0 bridgehead atoms. The van der Waals surface area contributed by atoms with Gasteiger partial charge in [-0.25, -0.2) is 0 Å². The van der Waals surface area contributed by atoms with Gasteiger partial charge in [-0.15, -0.1) is 11.3 Å². The van der Waals surface area contributed by atoms with Crippen molar-refractivity contribution in [3.8, 4) is 5.75 Å². The van der Waals surface area contributed by atoms with Gasteiger partial charge in [0, 0.05) is 9.70 Å². The van der Waals surface area contributed by atoms with E-state index in [0.717, 1.165) is 16.6 Å². The van der Waals surface area contributed by atoms with Crippen LogP contribution in [-0.2, 0) is 6.42 Å². The maximum atomic E-state index is 5.23. The molecule has 90 valence electrons. The minimum atomic E-state index is 0.336. The molecule has 1 nitrogen and oxygen atoms in total. The predicted molar refractivity (Wildman–Crippen MR) is 80.4 cm³/mol. The van der Waals surface area contributed by atoms with Gasteiger partial charge in [0.05, 0.1) is 11.6 Å². The van der Waals surface area contributed by atoms with Crippen LogP contribution in [0.25, 0.3) is 0 Å². The molecule has 0 fully saturated rings. The van der Waals surface area contributed by atoms with Crippen molar-refractivity contribution in [1.82, 2.24) is 0 Å². The number of methoxy groups -OCH3 is 1. The van der Waals surface area contributed by atoms with E-state index in [1.165, 1.54) is 10.4 Å². The standard InChI is InChI=1S/C13H12Br2OS/c1-16-13-5-4-9(7-12(13)15)11(14)8-10-3-2-6-17-10/h2-7,11H,8H2,1H3. The molecule has 0 saturated carbocycles. The Balaban J connectivity index is 2.14. The average molecular weight is 376 g/mol. The predicted octanol–water partition coefficient (Wildman–Crippen LogP) is 5.20. The fourth-order valence-corrected chi connectivity index (χ4v) is 3.76. The molecule has 2 rings (SSSR count). The Hall–Kier alpha value is -0.320. The Labute approximate surface area is 122 Å². The summed E-state index contributed by atoms with van der Waals surface area (Å²) in [6.45, 7) is 0. The fraction of sp³-hybridized carbons (Fsp3) is 0.231. The minimum absolute atomic E-state index is 0.336. The molecule has 0 radical (unpaired) electrons. The Kier molecular flexibility index (Phi) is 4.65. The number of hydrogen-bond donors (Lipinski definition) is 0. The molecule has 0 aliphatic heterocycles. The molecule has 0 amide bonds. The molecule has 0 saturated heterocycles. The van der Waals surface area contributed by atoms with Gasteiger partial charge in [-0.3, -0.25) is 0 Å². The van der Waals surface area contributed by atoms with Gasteiger partial charge < -0.3 is 4.74 Å². The number of hydrogen-bond acceptors (Lipinski definition) is 2. The summed E-state index contributed by atoms with van der Waals surface area (Å²) in [6, 6.07) is 10.4. The second-order valence-electron chi connectivity index (χ2n) is 3.65. The van der Waals surface area contributed by atoms with Gasteiger partial charge in [-0.1, -0.05) is 28.1 Å². The van der Waals surface area contributed by atoms with Crippen LogP contribution in [0.15, 0.2) is 40.2 Å². The monoisotopic (exact) mass is 374 g/mol. The number of rotatable bonds is 4. The van der Waals surface area contributed by atoms with Crippen molar-refractivity contribution in [2.45, 2.75) is 11.2 Å². The quantitative estimate of drug-likeness (QED) is 0.667. The van der Waals surface area contributed by atoms with E-state index >= 15 is 0 Å². The first-order chi connectivity index (χ1) is 8.20. The van der Waals surface area contributed by atoms with Crippen LogP contribution >= 0.6 is 43.2 Å². The molecule has 0 aliphatic rings. The number of halogens is 2. The first kappa shape index (κ1) is 13.1. The van der Waals surface area contributed by atoms with Gasteiger partial charge >= 0.3 is 0 Å². The summed E-state index contributed by atoms with van der Waals surface area (Å²) in [7, 11) is 1.68. The molecule has 0 N–H and O–H groups in total. The van der Waals surface area contributed by atoms with Crippen molar-refractivity contribution < 1.29 is 4.74 Å². The summed E-state index contributed by atoms with van der Waals surface area (Å²) < 4.78 is 6.22. The van der Waals surface area contributed by atoms with Crippen molar-refractivity contribution in [1.29, 1.82) is 0 Å². The summed E-state index contributed by atoms with van der Waals surface area (Å²) >= 11 is 9.03. The lowest BCUT2D eigenvalue weighted by Gasteiger charge is -2.11. The summed E-state index contributed by atoms with van der Waals surface area (Å²) in [6.07, 6.45) is 1.01. The third kappa shape index (κ3) is 3.33. The van der Waals surface area contributed by atoms with E-state index in [1.807, 2.05) is 6.07 Å². The molecule has 0 aliphatic carbocycles. The number of thiophene rings is 1. The second kappa shape index (κ2) is 6.03. The van der Waals surface area contributed by atoms with Crippen molar-refractivity contribution >= 4 is 43.2 Å². The van der Waals surface area contributed by atoms with Crippen LogP contribution in [-0.4, -0.2) is 7.11 Å². The Morgan fingerprint density at radius 1 is 1.35 bits per heavy atom. The molecule has 0 spiro atoms. The van der Waals surface area contributed by atoms with Crippen molar-refractivity contribution in [2.75, 3.05) is 7.11 Å². The van der Waals surface area contributed by atoms with Crippen molar-refractivity contribution in [2.24, 2.45) is 0 Å². The lowest BCUT2D eigenvalue weighted by molar-refractivity contribution is 0.412. The molecule has 2 aromatic rings. The SMILES string of the molecule is COc1ccc(C(Br)Cc2cccs2)cc1Br. The lowest BCUT2D eigenvalue weighted by atomic mass is 10.1. The highest BCUT2D eigenvalue weighted by atomic mass is 79.9. The molecule has 1 unspecified atom stereocenters.